The smallest absolute Gasteiger partial charge is 0.410 e. The van der Waals surface area contributed by atoms with Crippen molar-refractivity contribution in [1.82, 2.24) is 25.0 Å². The molecule has 3 atom stereocenters. The van der Waals surface area contributed by atoms with Crippen LogP contribution in [-0.2, 0) is 45.9 Å². The summed E-state index contributed by atoms with van der Waals surface area (Å²) in [4.78, 5) is 82.1. The van der Waals surface area contributed by atoms with Gasteiger partial charge < -0.3 is 34.7 Å². The number of aryl methyl sites for hydroxylation is 1. The van der Waals surface area contributed by atoms with Crippen molar-refractivity contribution in [2.24, 2.45) is 12.5 Å². The molecular formula is C41H65N5O9. The van der Waals surface area contributed by atoms with E-state index in [4.69, 9.17) is 14.6 Å². The van der Waals surface area contributed by atoms with Crippen molar-refractivity contribution in [3.05, 3.63) is 34.0 Å². The second-order valence-corrected chi connectivity index (χ2v) is 18.1. The van der Waals surface area contributed by atoms with Gasteiger partial charge in [-0.1, -0.05) is 52.8 Å². The molecular weight excluding hydrogens is 706 g/mol. The number of rotatable bonds is 14. The summed E-state index contributed by atoms with van der Waals surface area (Å²) in [6.07, 6.45) is 8.32. The van der Waals surface area contributed by atoms with E-state index in [9.17, 15) is 28.8 Å². The van der Waals surface area contributed by atoms with Gasteiger partial charge in [-0.05, 0) is 83.9 Å². The van der Waals surface area contributed by atoms with E-state index in [1.54, 1.807) is 48.6 Å². The molecule has 1 aromatic heterocycles. The number of carbonyl (C=O) groups excluding carboxylic acids is 5. The minimum Gasteiger partial charge on any atom is -0.481 e. The zero-order valence-corrected chi connectivity index (χ0v) is 35.6. The fraction of sp³-hybridized carbons (Fsp3) is 0.659. The Balaban J connectivity index is 2.43. The molecule has 0 radical (unpaired) electrons. The summed E-state index contributed by atoms with van der Waals surface area (Å²) >= 11 is 0. The summed E-state index contributed by atoms with van der Waals surface area (Å²) < 4.78 is 13.1. The summed E-state index contributed by atoms with van der Waals surface area (Å²) in [5.41, 5.74) is -2.35. The van der Waals surface area contributed by atoms with E-state index in [2.05, 4.69) is 22.8 Å². The van der Waals surface area contributed by atoms with Gasteiger partial charge in [-0.2, -0.15) is 0 Å². The highest BCUT2D eigenvalue weighted by Crippen LogP contribution is 2.31. The van der Waals surface area contributed by atoms with Gasteiger partial charge in [-0.25, -0.2) is 9.59 Å². The summed E-state index contributed by atoms with van der Waals surface area (Å²) in [6.45, 7) is 21.0. The van der Waals surface area contributed by atoms with Crippen LogP contribution in [0.3, 0.4) is 0 Å². The topological polar surface area (TPSA) is 177 Å². The zero-order chi connectivity index (χ0) is 42.4. The molecule has 1 aromatic rings. The SMILES string of the molecule is C/C(=C\CN(C)C(=O)[C@@H](NC(=O)[C@@H](N(C)C(=O)OC(C)(C)C)C(C)(C)c1cn(C)c2c1=CCCC=2)C(C)(C)C)C(=O)N[C@H](CCC(=O)O)C(=O)OC(C)(C)C. The number of hydrogen-bond donors (Lipinski definition) is 3. The van der Waals surface area contributed by atoms with Gasteiger partial charge in [-0.15, -0.1) is 0 Å². The van der Waals surface area contributed by atoms with Crippen LogP contribution in [0.25, 0.3) is 12.2 Å². The predicted molar refractivity (Wildman–Crippen MR) is 211 cm³/mol. The Morgan fingerprint density at radius 3 is 1.98 bits per heavy atom. The van der Waals surface area contributed by atoms with Crippen molar-refractivity contribution in [2.75, 3.05) is 20.6 Å². The molecule has 308 valence electrons. The zero-order valence-electron chi connectivity index (χ0n) is 35.6. The Bertz CT molecular complexity index is 1770. The van der Waals surface area contributed by atoms with Crippen molar-refractivity contribution in [3.8, 4) is 0 Å². The van der Waals surface area contributed by atoms with Crippen LogP contribution in [0.5, 0.6) is 0 Å². The molecule has 0 saturated carbocycles. The van der Waals surface area contributed by atoms with Crippen molar-refractivity contribution < 1.29 is 43.3 Å². The molecule has 0 bridgehead atoms. The number of esters is 1. The molecule has 1 heterocycles. The standard InChI is InChI=1S/C41H65N5O9/c1-25(33(49)42-28(20-21-30(47)48)36(52)54-39(5,6)7)22-23-44(13)35(51)31(38(2,3)4)43-34(50)32(46(15)37(53)55-40(8,9)10)41(11,12)27-24-45(14)29-19-17-16-18-26(27)29/h18-19,22,24,28,31-32H,16-17,20-21,23H2,1-15H3,(H,42,49)(H,43,50)(H,47,48)/b25-22+/t28-,31-,32-/m1/s1. The van der Waals surface area contributed by atoms with E-state index in [0.29, 0.717) is 0 Å². The highest BCUT2D eigenvalue weighted by molar-refractivity contribution is 5.96. The number of nitrogens with zero attached hydrogens (tertiary/aromatic N) is 3. The Morgan fingerprint density at radius 1 is 0.891 bits per heavy atom. The number of fused-ring (bicyclic) bond motifs is 1. The van der Waals surface area contributed by atoms with Gasteiger partial charge in [0.15, 0.2) is 0 Å². The Hall–Kier alpha value is -4.62. The lowest BCUT2D eigenvalue weighted by Gasteiger charge is -2.41. The van der Waals surface area contributed by atoms with E-state index in [-0.39, 0.29) is 25.0 Å². The summed E-state index contributed by atoms with van der Waals surface area (Å²) in [5.74, 6) is -3.49. The Kier molecular flexibility index (Phi) is 15.1. The van der Waals surface area contributed by atoms with Crippen LogP contribution in [0.2, 0.25) is 0 Å². The lowest BCUT2D eigenvalue weighted by Crippen LogP contribution is -2.63. The first kappa shape index (κ1) is 46.5. The van der Waals surface area contributed by atoms with E-state index in [1.807, 2.05) is 52.4 Å². The number of amides is 4. The average Bonchev–Trinajstić information content (AvgIpc) is 3.38. The summed E-state index contributed by atoms with van der Waals surface area (Å²) in [7, 11) is 5.02. The quantitative estimate of drug-likeness (QED) is 0.189. The normalized spacial score (nSPS) is 15.2. The molecule has 14 heteroatoms. The second-order valence-electron chi connectivity index (χ2n) is 18.1. The number of likely N-dealkylation sites (N-methyl/N-ethyl adjacent to an activating group) is 2. The number of carboxylic acids is 1. The Labute approximate surface area is 326 Å². The molecule has 0 saturated heterocycles. The molecule has 0 aliphatic heterocycles. The highest BCUT2D eigenvalue weighted by atomic mass is 16.6. The predicted octanol–water partition coefficient (Wildman–Crippen LogP) is 3.52. The van der Waals surface area contributed by atoms with Crippen molar-refractivity contribution in [1.29, 1.82) is 0 Å². The van der Waals surface area contributed by atoms with Crippen LogP contribution < -0.4 is 21.2 Å². The number of aliphatic carboxylic acids is 1. The van der Waals surface area contributed by atoms with Crippen molar-refractivity contribution in [2.45, 2.75) is 144 Å². The molecule has 1 aliphatic rings. The maximum atomic E-state index is 14.6. The lowest BCUT2D eigenvalue weighted by atomic mass is 9.76. The first-order chi connectivity index (χ1) is 25.0. The second kappa shape index (κ2) is 17.9. The van der Waals surface area contributed by atoms with E-state index < -0.39 is 75.9 Å². The molecule has 0 spiro atoms. The van der Waals surface area contributed by atoms with Gasteiger partial charge in [0, 0.05) is 56.6 Å². The molecule has 2 rings (SSSR count). The lowest BCUT2D eigenvalue weighted by molar-refractivity contribution is -0.158. The van der Waals surface area contributed by atoms with Crippen LogP contribution >= 0.6 is 0 Å². The summed E-state index contributed by atoms with van der Waals surface area (Å²) in [5, 5.41) is 16.8. The van der Waals surface area contributed by atoms with E-state index in [1.165, 1.54) is 29.8 Å². The molecule has 4 amide bonds. The number of nitrogens with one attached hydrogen (secondary N) is 2. The third-order valence-electron chi connectivity index (χ3n) is 9.27. The molecule has 0 fully saturated rings. The largest absolute Gasteiger partial charge is 0.481 e. The van der Waals surface area contributed by atoms with Crippen LogP contribution in [-0.4, -0.2) is 105 Å². The third-order valence-corrected chi connectivity index (χ3v) is 9.27. The third kappa shape index (κ3) is 13.0. The number of hydrogen-bond acceptors (Lipinski definition) is 8. The molecule has 0 aromatic carbocycles. The molecule has 14 nitrogen and oxygen atoms in total. The van der Waals surface area contributed by atoms with Gasteiger partial charge in [0.25, 0.3) is 0 Å². The first-order valence-electron chi connectivity index (χ1n) is 18.8. The monoisotopic (exact) mass is 771 g/mol. The molecule has 55 heavy (non-hydrogen) atoms. The average molecular weight is 772 g/mol. The number of ether oxygens (including phenoxy) is 2. The van der Waals surface area contributed by atoms with Gasteiger partial charge >= 0.3 is 18.0 Å². The highest BCUT2D eigenvalue weighted by Gasteiger charge is 2.46. The fourth-order valence-corrected chi connectivity index (χ4v) is 6.37. The molecule has 0 unspecified atom stereocenters. The minimum atomic E-state index is -1.19. The number of aromatic nitrogens is 1. The maximum absolute atomic E-state index is 14.6. The summed E-state index contributed by atoms with van der Waals surface area (Å²) in [6, 6.07) is -3.34. The van der Waals surface area contributed by atoms with Gasteiger partial charge in [0.2, 0.25) is 17.7 Å². The van der Waals surface area contributed by atoms with Crippen LogP contribution in [0.4, 0.5) is 4.79 Å². The van der Waals surface area contributed by atoms with Crippen LogP contribution in [0.1, 0.15) is 114 Å². The molecule has 1 aliphatic carbocycles. The van der Waals surface area contributed by atoms with Crippen LogP contribution in [0.15, 0.2) is 17.8 Å². The maximum Gasteiger partial charge on any atom is 0.410 e. The Morgan fingerprint density at radius 2 is 1.45 bits per heavy atom. The minimum absolute atomic E-state index is 0.0258. The first-order valence-corrected chi connectivity index (χ1v) is 18.8. The molecule has 3 N–H and O–H groups in total. The van der Waals surface area contributed by atoms with Gasteiger partial charge in [0.1, 0.15) is 29.3 Å². The van der Waals surface area contributed by atoms with E-state index >= 15 is 0 Å². The van der Waals surface area contributed by atoms with E-state index in [0.717, 1.165) is 29.0 Å². The number of carboxylic acid groups (broad SMARTS) is 1. The van der Waals surface area contributed by atoms with Crippen LogP contribution in [0, 0.1) is 5.41 Å². The fourth-order valence-electron chi connectivity index (χ4n) is 6.37. The van der Waals surface area contributed by atoms with Gasteiger partial charge in [0.05, 0.1) is 0 Å². The number of carbonyl (C=O) groups is 6. The van der Waals surface area contributed by atoms with Gasteiger partial charge in [-0.3, -0.25) is 24.1 Å². The van der Waals surface area contributed by atoms with Crippen molar-refractivity contribution in [3.63, 3.8) is 0 Å². The van der Waals surface area contributed by atoms with Crippen molar-refractivity contribution >= 4 is 47.9 Å².